The number of ether oxygens (including phenoxy) is 3. The molecule has 3 heterocycles. The number of carboxylic acids is 1. The number of methoxy groups -OCH3 is 1. The number of para-hydroxylation sites is 1. The number of carboxylic acid groups (broad SMARTS) is 1. The van der Waals surface area contributed by atoms with Crippen molar-refractivity contribution in [3.63, 3.8) is 0 Å². The molecule has 2 fully saturated rings. The zero-order chi connectivity index (χ0) is 18.3. The van der Waals surface area contributed by atoms with Crippen molar-refractivity contribution in [1.29, 1.82) is 0 Å². The molecule has 0 aliphatic carbocycles. The van der Waals surface area contributed by atoms with E-state index in [1.165, 1.54) is 0 Å². The maximum absolute atomic E-state index is 13.0. The molecule has 0 aromatic heterocycles. The first-order chi connectivity index (χ1) is 12.5. The summed E-state index contributed by atoms with van der Waals surface area (Å²) < 4.78 is 16.5. The van der Waals surface area contributed by atoms with Crippen molar-refractivity contribution in [3.05, 3.63) is 29.3 Å². The molecule has 7 nitrogen and oxygen atoms in total. The van der Waals surface area contributed by atoms with Gasteiger partial charge in [0.25, 0.3) is 5.91 Å². The number of likely N-dealkylation sites (tertiary alicyclic amines) is 1. The molecule has 1 aromatic carbocycles. The maximum atomic E-state index is 13.0. The molecule has 2 atom stereocenters. The molecule has 2 saturated heterocycles. The van der Waals surface area contributed by atoms with Crippen molar-refractivity contribution in [3.8, 4) is 11.5 Å². The molecule has 138 valence electrons. The molecule has 0 spiro atoms. The summed E-state index contributed by atoms with van der Waals surface area (Å²) in [6.45, 7) is 1.56. The molecule has 26 heavy (non-hydrogen) atoms. The van der Waals surface area contributed by atoms with Crippen LogP contribution in [0.4, 0.5) is 0 Å². The number of aliphatic carboxylic acids is 1. The monoisotopic (exact) mass is 359 g/mol. The number of amides is 1. The normalized spacial score (nSPS) is 27.0. The molecule has 0 saturated carbocycles. The third kappa shape index (κ3) is 2.54. The third-order valence-corrected chi connectivity index (χ3v) is 5.63. The summed E-state index contributed by atoms with van der Waals surface area (Å²) in [5, 5.41) is 9.75. The Kier molecular flexibility index (Phi) is 4.11. The second kappa shape index (κ2) is 6.32. The largest absolute Gasteiger partial charge is 0.493 e. The Morgan fingerprint density at radius 3 is 2.96 bits per heavy atom. The molecule has 0 unspecified atom stereocenters. The topological polar surface area (TPSA) is 85.3 Å². The lowest BCUT2D eigenvalue weighted by Gasteiger charge is -2.33. The van der Waals surface area contributed by atoms with E-state index in [0.717, 1.165) is 5.56 Å². The fourth-order valence-electron chi connectivity index (χ4n) is 4.12. The van der Waals surface area contributed by atoms with Crippen LogP contribution in [0.15, 0.2) is 23.8 Å². The van der Waals surface area contributed by atoms with E-state index < -0.39 is 11.4 Å². The van der Waals surface area contributed by atoms with Crippen LogP contribution in [0.5, 0.6) is 11.5 Å². The zero-order valence-electron chi connectivity index (χ0n) is 14.6. The molecule has 3 aliphatic rings. The maximum Gasteiger partial charge on any atom is 0.311 e. The molecule has 1 aromatic rings. The van der Waals surface area contributed by atoms with Gasteiger partial charge in [-0.15, -0.1) is 0 Å². The predicted molar refractivity (Wildman–Crippen MR) is 92.0 cm³/mol. The van der Waals surface area contributed by atoms with Crippen molar-refractivity contribution in [1.82, 2.24) is 4.90 Å². The summed E-state index contributed by atoms with van der Waals surface area (Å²) >= 11 is 0. The SMILES string of the molecule is COc1cccc2c1OCC(C(=O)N1C[C@H]3COCC[C@@]3(C(=O)O)C1)=C2. The predicted octanol–water partition coefficient (Wildman–Crippen LogP) is 1.42. The standard InChI is InChI=1S/C19H21NO6/c1-24-15-4-2-3-12-7-13(9-26-16(12)15)17(21)20-8-14-10-25-6-5-19(14,11-20)18(22)23/h2-4,7,14H,5-6,8-11H2,1H3,(H,22,23)/t14-,19+/m0/s1. The molecule has 7 heteroatoms. The van der Waals surface area contributed by atoms with Gasteiger partial charge in [-0.25, -0.2) is 0 Å². The molecule has 3 aliphatic heterocycles. The summed E-state index contributed by atoms with van der Waals surface area (Å²) in [6, 6.07) is 5.51. The van der Waals surface area contributed by atoms with Crippen molar-refractivity contribution in [2.75, 3.05) is 40.0 Å². The van der Waals surface area contributed by atoms with Crippen LogP contribution in [-0.2, 0) is 14.3 Å². The molecule has 0 bridgehead atoms. The van der Waals surface area contributed by atoms with Crippen molar-refractivity contribution in [2.24, 2.45) is 11.3 Å². The Bertz CT molecular complexity index is 788. The van der Waals surface area contributed by atoms with Gasteiger partial charge in [0, 0.05) is 31.2 Å². The van der Waals surface area contributed by atoms with E-state index in [1.54, 1.807) is 24.2 Å². The summed E-state index contributed by atoms with van der Waals surface area (Å²) in [7, 11) is 1.57. The molecule has 4 rings (SSSR count). The van der Waals surface area contributed by atoms with Gasteiger partial charge in [-0.3, -0.25) is 9.59 Å². The van der Waals surface area contributed by atoms with Gasteiger partial charge in [0.2, 0.25) is 0 Å². The highest BCUT2D eigenvalue weighted by atomic mass is 16.5. The highest BCUT2D eigenvalue weighted by molar-refractivity contribution is 6.00. The lowest BCUT2D eigenvalue weighted by molar-refractivity contribution is -0.157. The summed E-state index contributed by atoms with van der Waals surface area (Å²) in [5.74, 6) is 0.0604. The van der Waals surface area contributed by atoms with E-state index in [0.29, 0.717) is 43.3 Å². The van der Waals surface area contributed by atoms with Crippen LogP contribution in [0, 0.1) is 11.3 Å². The lowest BCUT2D eigenvalue weighted by Crippen LogP contribution is -2.45. The quantitative estimate of drug-likeness (QED) is 0.879. The Balaban J connectivity index is 1.59. The summed E-state index contributed by atoms with van der Waals surface area (Å²) in [6.07, 6.45) is 2.24. The molecule has 1 N–H and O–H groups in total. The van der Waals surface area contributed by atoms with E-state index in [4.69, 9.17) is 14.2 Å². The Morgan fingerprint density at radius 2 is 2.23 bits per heavy atom. The van der Waals surface area contributed by atoms with Crippen molar-refractivity contribution in [2.45, 2.75) is 6.42 Å². The Morgan fingerprint density at radius 1 is 1.38 bits per heavy atom. The number of benzene rings is 1. The van der Waals surface area contributed by atoms with E-state index in [2.05, 4.69) is 0 Å². The molecular formula is C19H21NO6. The average molecular weight is 359 g/mol. The van der Waals surface area contributed by atoms with Crippen LogP contribution in [0.3, 0.4) is 0 Å². The van der Waals surface area contributed by atoms with E-state index in [1.807, 2.05) is 12.1 Å². The van der Waals surface area contributed by atoms with Crippen LogP contribution < -0.4 is 9.47 Å². The molecule has 0 radical (unpaired) electrons. The minimum atomic E-state index is -0.898. The number of hydrogen-bond donors (Lipinski definition) is 1. The minimum Gasteiger partial charge on any atom is -0.493 e. The van der Waals surface area contributed by atoms with Crippen molar-refractivity contribution < 1.29 is 28.9 Å². The van der Waals surface area contributed by atoms with Crippen LogP contribution in [0.1, 0.15) is 12.0 Å². The smallest absolute Gasteiger partial charge is 0.311 e. The fraction of sp³-hybridized carbons (Fsp3) is 0.474. The highest BCUT2D eigenvalue weighted by Gasteiger charge is 2.55. The number of carbonyl (C=O) groups is 2. The first kappa shape index (κ1) is 16.9. The van der Waals surface area contributed by atoms with E-state index in [9.17, 15) is 14.7 Å². The lowest BCUT2D eigenvalue weighted by atomic mass is 9.74. The average Bonchev–Trinajstić information content (AvgIpc) is 3.07. The Labute approximate surface area is 151 Å². The first-order valence-electron chi connectivity index (χ1n) is 8.66. The van der Waals surface area contributed by atoms with Gasteiger partial charge in [0.15, 0.2) is 11.5 Å². The summed E-state index contributed by atoms with van der Waals surface area (Å²) in [4.78, 5) is 26.5. The second-order valence-electron chi connectivity index (χ2n) is 7.01. The van der Waals surface area contributed by atoms with Gasteiger partial charge >= 0.3 is 5.97 Å². The van der Waals surface area contributed by atoms with Gasteiger partial charge in [-0.1, -0.05) is 12.1 Å². The number of nitrogens with zero attached hydrogens (tertiary/aromatic N) is 1. The zero-order valence-corrected chi connectivity index (χ0v) is 14.6. The van der Waals surface area contributed by atoms with Gasteiger partial charge in [0.05, 0.1) is 24.7 Å². The van der Waals surface area contributed by atoms with Crippen LogP contribution in [0.25, 0.3) is 6.08 Å². The fourth-order valence-corrected chi connectivity index (χ4v) is 4.12. The Hall–Kier alpha value is -2.54. The van der Waals surface area contributed by atoms with Gasteiger partial charge in [0.1, 0.15) is 6.61 Å². The van der Waals surface area contributed by atoms with Crippen LogP contribution >= 0.6 is 0 Å². The minimum absolute atomic E-state index is 0.143. The number of rotatable bonds is 3. The molecule has 1 amide bonds. The third-order valence-electron chi connectivity index (χ3n) is 5.63. The first-order valence-corrected chi connectivity index (χ1v) is 8.66. The summed E-state index contributed by atoms with van der Waals surface area (Å²) in [5.41, 5.74) is 0.406. The van der Waals surface area contributed by atoms with E-state index >= 15 is 0 Å². The van der Waals surface area contributed by atoms with Gasteiger partial charge in [-0.05, 0) is 18.6 Å². The van der Waals surface area contributed by atoms with Crippen LogP contribution in [0.2, 0.25) is 0 Å². The van der Waals surface area contributed by atoms with Gasteiger partial charge in [-0.2, -0.15) is 0 Å². The van der Waals surface area contributed by atoms with E-state index in [-0.39, 0.29) is 25.0 Å². The molecular weight excluding hydrogens is 338 g/mol. The number of carbonyl (C=O) groups excluding carboxylic acids is 1. The number of hydrogen-bond acceptors (Lipinski definition) is 5. The second-order valence-corrected chi connectivity index (χ2v) is 7.01. The number of fused-ring (bicyclic) bond motifs is 2. The van der Waals surface area contributed by atoms with Crippen LogP contribution in [-0.4, -0.2) is 61.9 Å². The van der Waals surface area contributed by atoms with Gasteiger partial charge < -0.3 is 24.2 Å². The van der Waals surface area contributed by atoms with Crippen molar-refractivity contribution >= 4 is 18.0 Å². The highest BCUT2D eigenvalue weighted by Crippen LogP contribution is 2.43.